The number of alkyl halides is 3. The van der Waals surface area contributed by atoms with Crippen molar-refractivity contribution in [1.29, 1.82) is 0 Å². The molecule has 0 bridgehead atoms. The Hall–Kier alpha value is -2.81. The molecule has 0 unspecified atom stereocenters. The number of rotatable bonds is 3. The van der Waals surface area contributed by atoms with E-state index in [1.807, 2.05) is 12.1 Å². The van der Waals surface area contributed by atoms with Crippen molar-refractivity contribution in [3.05, 3.63) is 58.1 Å². The second kappa shape index (κ2) is 6.12. The number of nitrogens with one attached hydrogen (secondary N) is 2. The maximum atomic E-state index is 12.8. The summed E-state index contributed by atoms with van der Waals surface area (Å²) in [5, 5.41) is 2.15. The summed E-state index contributed by atoms with van der Waals surface area (Å²) in [5.41, 5.74) is 7.82. The molecular weight excluding hydrogens is 379 g/mol. The Balaban J connectivity index is 1.71. The molecule has 0 radical (unpaired) electrons. The van der Waals surface area contributed by atoms with Crippen molar-refractivity contribution in [2.45, 2.75) is 24.6 Å². The van der Waals surface area contributed by atoms with Gasteiger partial charge in [0.15, 0.2) is 0 Å². The van der Waals surface area contributed by atoms with Crippen LogP contribution >= 0.6 is 11.3 Å². The van der Waals surface area contributed by atoms with Crippen LogP contribution in [0.25, 0.3) is 10.2 Å². The summed E-state index contributed by atoms with van der Waals surface area (Å²) in [6.45, 7) is 0. The number of primary amides is 1. The van der Waals surface area contributed by atoms with Gasteiger partial charge in [-0.15, -0.1) is 11.3 Å². The van der Waals surface area contributed by atoms with Gasteiger partial charge in [-0.25, -0.2) is 0 Å². The Morgan fingerprint density at radius 2 is 1.96 bits per heavy atom. The van der Waals surface area contributed by atoms with Gasteiger partial charge in [0.1, 0.15) is 5.69 Å². The molecule has 9 heteroatoms. The lowest BCUT2D eigenvalue weighted by Gasteiger charge is -2.22. The van der Waals surface area contributed by atoms with E-state index >= 15 is 0 Å². The molecule has 4 N–H and O–H groups in total. The SMILES string of the molecule is NC(=O)c1cc2sc([C@@H]3Cc4ccccc4[C@@H]3NC(=O)C(F)(F)F)cc2[nH]1. The number of H-pyrrole nitrogens is 1. The highest BCUT2D eigenvalue weighted by molar-refractivity contribution is 7.19. The smallest absolute Gasteiger partial charge is 0.364 e. The molecule has 1 aromatic carbocycles. The largest absolute Gasteiger partial charge is 0.471 e. The summed E-state index contributed by atoms with van der Waals surface area (Å²) in [5.74, 6) is -2.85. The molecule has 4 rings (SSSR count). The van der Waals surface area contributed by atoms with E-state index in [9.17, 15) is 22.8 Å². The number of nitrogens with two attached hydrogens (primary N) is 1. The molecule has 2 heterocycles. The van der Waals surface area contributed by atoms with Crippen LogP contribution in [0.1, 0.15) is 38.5 Å². The summed E-state index contributed by atoms with van der Waals surface area (Å²) in [7, 11) is 0. The fraction of sp³-hybridized carbons (Fsp3) is 0.222. The minimum Gasteiger partial charge on any atom is -0.364 e. The van der Waals surface area contributed by atoms with E-state index in [0.29, 0.717) is 17.5 Å². The van der Waals surface area contributed by atoms with Gasteiger partial charge in [0.25, 0.3) is 5.91 Å². The number of amides is 2. The fourth-order valence-corrected chi connectivity index (χ4v) is 4.72. The molecule has 5 nitrogen and oxygen atoms in total. The number of hydrogen-bond donors (Lipinski definition) is 3. The van der Waals surface area contributed by atoms with Gasteiger partial charge in [0.2, 0.25) is 0 Å². The Kier molecular flexibility index (Phi) is 3.99. The lowest BCUT2D eigenvalue weighted by molar-refractivity contribution is -0.174. The lowest BCUT2D eigenvalue weighted by atomic mass is 9.98. The van der Waals surface area contributed by atoms with Crippen molar-refractivity contribution >= 4 is 33.4 Å². The van der Waals surface area contributed by atoms with Gasteiger partial charge in [0, 0.05) is 10.8 Å². The monoisotopic (exact) mass is 393 g/mol. The summed E-state index contributed by atoms with van der Waals surface area (Å²) in [4.78, 5) is 26.6. The highest BCUT2D eigenvalue weighted by Gasteiger charge is 2.43. The van der Waals surface area contributed by atoms with E-state index in [1.165, 1.54) is 11.3 Å². The maximum Gasteiger partial charge on any atom is 0.471 e. The van der Waals surface area contributed by atoms with Gasteiger partial charge in [-0.1, -0.05) is 24.3 Å². The summed E-state index contributed by atoms with van der Waals surface area (Å²) < 4.78 is 39.2. The van der Waals surface area contributed by atoms with Crippen LogP contribution in [-0.4, -0.2) is 23.0 Å². The van der Waals surface area contributed by atoms with Crippen molar-refractivity contribution in [3.63, 3.8) is 0 Å². The van der Waals surface area contributed by atoms with Crippen LogP contribution in [0.5, 0.6) is 0 Å². The van der Waals surface area contributed by atoms with Crippen LogP contribution in [0.3, 0.4) is 0 Å². The fourth-order valence-electron chi connectivity index (χ4n) is 3.52. The Morgan fingerprint density at radius 3 is 2.63 bits per heavy atom. The first-order chi connectivity index (χ1) is 12.7. The normalized spacial score (nSPS) is 19.2. The Labute approximate surface area is 155 Å². The predicted molar refractivity (Wildman–Crippen MR) is 94.5 cm³/mol. The number of thiophene rings is 1. The molecule has 0 aliphatic heterocycles. The first-order valence-electron chi connectivity index (χ1n) is 8.12. The lowest BCUT2D eigenvalue weighted by Crippen LogP contribution is -2.40. The first kappa shape index (κ1) is 17.6. The molecule has 3 aromatic rings. The second-order valence-corrected chi connectivity index (χ2v) is 7.55. The number of fused-ring (bicyclic) bond motifs is 2. The first-order valence-corrected chi connectivity index (χ1v) is 8.93. The molecule has 2 amide bonds. The van der Waals surface area contributed by atoms with Gasteiger partial charge >= 0.3 is 12.1 Å². The third-order valence-electron chi connectivity index (χ3n) is 4.73. The van der Waals surface area contributed by atoms with Gasteiger partial charge in [-0.3, -0.25) is 9.59 Å². The third-order valence-corrected chi connectivity index (χ3v) is 5.95. The molecule has 0 spiro atoms. The van der Waals surface area contributed by atoms with Gasteiger partial charge < -0.3 is 16.0 Å². The van der Waals surface area contributed by atoms with Crippen LogP contribution < -0.4 is 11.1 Å². The number of carbonyl (C=O) groups is 2. The van der Waals surface area contributed by atoms with Crippen molar-refractivity contribution < 1.29 is 22.8 Å². The molecule has 0 fully saturated rings. The molecule has 1 aliphatic carbocycles. The molecule has 2 aromatic heterocycles. The highest BCUT2D eigenvalue weighted by atomic mass is 32.1. The number of carbonyl (C=O) groups excluding carboxylic acids is 2. The zero-order valence-electron chi connectivity index (χ0n) is 13.8. The maximum absolute atomic E-state index is 12.8. The summed E-state index contributed by atoms with van der Waals surface area (Å²) in [6.07, 6.45) is -4.43. The van der Waals surface area contributed by atoms with E-state index in [1.54, 1.807) is 24.3 Å². The van der Waals surface area contributed by atoms with Gasteiger partial charge in [-0.05, 0) is 29.7 Å². The highest BCUT2D eigenvalue weighted by Crippen LogP contribution is 2.46. The van der Waals surface area contributed by atoms with Crippen LogP contribution in [0.2, 0.25) is 0 Å². The molecule has 140 valence electrons. The number of hydrogen-bond acceptors (Lipinski definition) is 3. The molecule has 0 saturated heterocycles. The molecule has 2 atom stereocenters. The zero-order valence-corrected chi connectivity index (χ0v) is 14.6. The van der Waals surface area contributed by atoms with E-state index in [-0.39, 0.29) is 11.6 Å². The molecule has 1 aliphatic rings. The van der Waals surface area contributed by atoms with E-state index in [2.05, 4.69) is 10.3 Å². The molecule has 27 heavy (non-hydrogen) atoms. The van der Waals surface area contributed by atoms with Crippen LogP contribution in [0, 0.1) is 0 Å². The standard InChI is InChI=1S/C18H14F3N3O2S/c19-18(20,21)17(26)24-15-9-4-2-1-3-8(9)5-10(15)13-6-11-14(27-13)7-12(23-11)16(22)25/h1-4,6-7,10,15,23H,5H2,(H2,22,25)(H,24,26)/t10-,15-/m0/s1. The second-order valence-electron chi connectivity index (χ2n) is 6.43. The van der Waals surface area contributed by atoms with Crippen LogP contribution in [-0.2, 0) is 11.2 Å². The van der Waals surface area contributed by atoms with Crippen molar-refractivity contribution in [2.75, 3.05) is 0 Å². The van der Waals surface area contributed by atoms with E-state index in [0.717, 1.165) is 15.1 Å². The van der Waals surface area contributed by atoms with Crippen LogP contribution in [0.15, 0.2) is 36.4 Å². The summed E-state index contributed by atoms with van der Waals surface area (Å²) >= 11 is 1.37. The topological polar surface area (TPSA) is 88.0 Å². The Morgan fingerprint density at radius 1 is 1.22 bits per heavy atom. The van der Waals surface area contributed by atoms with Gasteiger partial charge in [-0.2, -0.15) is 13.2 Å². The Bertz CT molecular complexity index is 1020. The minimum absolute atomic E-state index is 0.277. The number of aromatic nitrogens is 1. The minimum atomic E-state index is -4.94. The quantitative estimate of drug-likeness (QED) is 0.637. The molecule has 0 saturated carbocycles. The van der Waals surface area contributed by atoms with Crippen LogP contribution in [0.4, 0.5) is 13.2 Å². The average molecular weight is 393 g/mol. The average Bonchev–Trinajstić information content (AvgIpc) is 3.25. The van der Waals surface area contributed by atoms with Crippen molar-refractivity contribution in [3.8, 4) is 0 Å². The van der Waals surface area contributed by atoms with Crippen molar-refractivity contribution in [1.82, 2.24) is 10.3 Å². The predicted octanol–water partition coefficient (Wildman–Crippen LogP) is 3.39. The summed E-state index contributed by atoms with van der Waals surface area (Å²) in [6, 6.07) is 9.81. The number of aromatic amines is 1. The number of benzene rings is 1. The van der Waals surface area contributed by atoms with E-state index < -0.39 is 24.0 Å². The zero-order chi connectivity index (χ0) is 19.3. The number of halogens is 3. The van der Waals surface area contributed by atoms with Crippen molar-refractivity contribution in [2.24, 2.45) is 5.73 Å². The van der Waals surface area contributed by atoms with E-state index in [4.69, 9.17) is 5.73 Å². The molecular formula is C18H14F3N3O2S. The van der Waals surface area contributed by atoms with Gasteiger partial charge in [0.05, 0.1) is 16.3 Å². The third kappa shape index (κ3) is 3.08.